The van der Waals surface area contributed by atoms with Crippen molar-refractivity contribution in [1.29, 1.82) is 0 Å². The smallest absolute Gasteiger partial charge is 0.0540 e. The fourth-order valence-corrected chi connectivity index (χ4v) is 11.0. The van der Waals surface area contributed by atoms with Crippen molar-refractivity contribution in [1.82, 2.24) is 0 Å². The summed E-state index contributed by atoms with van der Waals surface area (Å²) in [5, 5.41) is 12.7. The van der Waals surface area contributed by atoms with Crippen molar-refractivity contribution in [2.75, 3.05) is 9.80 Å². The zero-order chi connectivity index (χ0) is 36.7. The van der Waals surface area contributed by atoms with Gasteiger partial charge in [0.05, 0.1) is 11.4 Å². The summed E-state index contributed by atoms with van der Waals surface area (Å²) >= 11 is 3.73. The molecule has 0 aliphatic heterocycles. The van der Waals surface area contributed by atoms with Gasteiger partial charge in [0.25, 0.3) is 0 Å². The molecule has 4 heteroatoms. The molecule has 0 spiro atoms. The summed E-state index contributed by atoms with van der Waals surface area (Å²) in [4.78, 5) is 4.88. The van der Waals surface area contributed by atoms with E-state index in [1.54, 1.807) is 0 Å². The van der Waals surface area contributed by atoms with E-state index in [0.717, 1.165) is 34.1 Å². The third kappa shape index (κ3) is 4.80. The third-order valence-electron chi connectivity index (χ3n) is 11.4. The molecule has 0 atom stereocenters. The minimum absolute atomic E-state index is 1.13. The minimum Gasteiger partial charge on any atom is -0.310 e. The number of hydrogen-bond donors (Lipinski definition) is 0. The lowest BCUT2D eigenvalue weighted by molar-refractivity contribution is 1.30. The molecule has 0 amide bonds. The molecule has 262 valence electrons. The predicted molar refractivity (Wildman–Crippen MR) is 245 cm³/mol. The van der Waals surface area contributed by atoms with Crippen molar-refractivity contribution in [2.24, 2.45) is 0 Å². The Kier molecular flexibility index (Phi) is 7.00. The Morgan fingerprint density at radius 2 is 0.661 bits per heavy atom. The quantitative estimate of drug-likeness (QED) is 0.156. The van der Waals surface area contributed by atoms with E-state index in [9.17, 15) is 0 Å². The molecule has 12 aromatic rings. The van der Waals surface area contributed by atoms with Crippen molar-refractivity contribution >= 4 is 129 Å². The zero-order valence-corrected chi connectivity index (χ0v) is 31.8. The average Bonchev–Trinajstić information content (AvgIpc) is 3.82. The second kappa shape index (κ2) is 12.4. The molecule has 0 radical (unpaired) electrons. The maximum Gasteiger partial charge on any atom is 0.0540 e. The minimum atomic E-state index is 1.13. The van der Waals surface area contributed by atoms with Crippen LogP contribution in [0.3, 0.4) is 0 Å². The Labute approximate surface area is 331 Å². The van der Waals surface area contributed by atoms with Gasteiger partial charge in [0.15, 0.2) is 0 Å². The van der Waals surface area contributed by atoms with Crippen molar-refractivity contribution in [3.63, 3.8) is 0 Å². The summed E-state index contributed by atoms with van der Waals surface area (Å²) < 4.78 is 5.24. The molecule has 0 aliphatic carbocycles. The Morgan fingerprint density at radius 3 is 1.14 bits per heavy atom. The maximum atomic E-state index is 2.49. The van der Waals surface area contributed by atoms with Gasteiger partial charge in [-0.1, -0.05) is 109 Å². The molecule has 0 saturated heterocycles. The summed E-state index contributed by atoms with van der Waals surface area (Å²) in [6.45, 7) is 0. The lowest BCUT2D eigenvalue weighted by Crippen LogP contribution is -2.11. The number of nitrogens with zero attached hydrogens (tertiary/aromatic N) is 2. The molecule has 2 aromatic heterocycles. The Bertz CT molecular complexity index is 3280. The van der Waals surface area contributed by atoms with Crippen LogP contribution in [0.15, 0.2) is 194 Å². The van der Waals surface area contributed by atoms with Gasteiger partial charge >= 0.3 is 0 Å². The van der Waals surface area contributed by atoms with Gasteiger partial charge in [-0.15, -0.1) is 22.7 Å². The first-order chi connectivity index (χ1) is 27.8. The molecular formula is C52H32N2S2. The van der Waals surface area contributed by atoms with Gasteiger partial charge in [0.2, 0.25) is 0 Å². The van der Waals surface area contributed by atoms with Crippen molar-refractivity contribution in [3.05, 3.63) is 194 Å². The topological polar surface area (TPSA) is 6.48 Å². The van der Waals surface area contributed by atoms with Crippen LogP contribution in [-0.2, 0) is 0 Å². The number of para-hydroxylation sites is 2. The second-order valence-electron chi connectivity index (χ2n) is 14.5. The predicted octanol–water partition coefficient (Wildman–Crippen LogP) is 16.3. The van der Waals surface area contributed by atoms with E-state index in [4.69, 9.17) is 0 Å². The average molecular weight is 749 g/mol. The highest BCUT2D eigenvalue weighted by molar-refractivity contribution is 7.26. The first-order valence-corrected chi connectivity index (χ1v) is 20.6. The van der Waals surface area contributed by atoms with E-state index < -0.39 is 0 Å². The summed E-state index contributed by atoms with van der Waals surface area (Å²) in [5.74, 6) is 0. The highest BCUT2D eigenvalue weighted by atomic mass is 32.1. The standard InChI is InChI=1S/C52H32N2S2/c1-3-11-35(12-4-1)53(36-13-5-2-6-14-36)45-27-21-33-20-26-42-46(28-22-34-19-25-41(45)51(33)52(34)42)54(37-23-29-49-43(31-37)39-15-7-9-17-47(39)55-49)38-24-30-50-44(32-38)40-16-8-10-18-48(40)56-50/h1-32H. The zero-order valence-electron chi connectivity index (χ0n) is 30.2. The lowest BCUT2D eigenvalue weighted by Gasteiger charge is -2.29. The van der Waals surface area contributed by atoms with E-state index in [-0.39, 0.29) is 0 Å². The summed E-state index contributed by atoms with van der Waals surface area (Å²) in [5.41, 5.74) is 6.89. The monoisotopic (exact) mass is 748 g/mol. The van der Waals surface area contributed by atoms with Gasteiger partial charge in [-0.3, -0.25) is 0 Å². The molecule has 12 rings (SSSR count). The lowest BCUT2D eigenvalue weighted by atomic mass is 9.91. The molecule has 56 heavy (non-hydrogen) atoms. The van der Waals surface area contributed by atoms with Crippen LogP contribution in [0.4, 0.5) is 34.1 Å². The number of rotatable bonds is 6. The molecule has 10 aromatic carbocycles. The second-order valence-corrected chi connectivity index (χ2v) is 16.7. The molecule has 0 N–H and O–H groups in total. The van der Waals surface area contributed by atoms with E-state index in [1.165, 1.54) is 72.7 Å². The fraction of sp³-hybridized carbons (Fsp3) is 0. The first kappa shape index (κ1) is 31.6. The maximum absolute atomic E-state index is 2.49. The molecule has 0 aliphatic rings. The molecular weight excluding hydrogens is 717 g/mol. The molecule has 0 bridgehead atoms. The van der Waals surface area contributed by atoms with Gasteiger partial charge in [0.1, 0.15) is 0 Å². The van der Waals surface area contributed by atoms with Crippen LogP contribution in [0, 0.1) is 0 Å². The first-order valence-electron chi connectivity index (χ1n) is 19.0. The van der Waals surface area contributed by atoms with Crippen LogP contribution in [0.25, 0.3) is 72.7 Å². The van der Waals surface area contributed by atoms with Crippen LogP contribution in [0.5, 0.6) is 0 Å². The van der Waals surface area contributed by atoms with E-state index in [1.807, 2.05) is 22.7 Å². The Balaban J connectivity index is 1.13. The van der Waals surface area contributed by atoms with Crippen LogP contribution in [0.2, 0.25) is 0 Å². The largest absolute Gasteiger partial charge is 0.310 e. The molecule has 2 nitrogen and oxygen atoms in total. The summed E-state index contributed by atoms with van der Waals surface area (Å²) in [7, 11) is 0. The Hall–Kier alpha value is -6.72. The van der Waals surface area contributed by atoms with Gasteiger partial charge in [-0.25, -0.2) is 0 Å². The van der Waals surface area contributed by atoms with E-state index in [0.29, 0.717) is 0 Å². The molecule has 0 fully saturated rings. The van der Waals surface area contributed by atoms with Crippen molar-refractivity contribution in [2.45, 2.75) is 0 Å². The molecule has 0 saturated carbocycles. The number of anilines is 6. The number of benzene rings is 10. The molecule has 2 heterocycles. The van der Waals surface area contributed by atoms with Gasteiger partial charge < -0.3 is 9.80 Å². The van der Waals surface area contributed by atoms with Crippen molar-refractivity contribution in [3.8, 4) is 0 Å². The molecule has 0 unspecified atom stereocenters. The number of hydrogen-bond acceptors (Lipinski definition) is 4. The summed E-state index contributed by atoms with van der Waals surface area (Å²) in [6.07, 6.45) is 0. The van der Waals surface area contributed by atoms with Gasteiger partial charge in [-0.2, -0.15) is 0 Å². The fourth-order valence-electron chi connectivity index (χ4n) is 8.88. The number of thiophene rings is 2. The van der Waals surface area contributed by atoms with Crippen LogP contribution in [-0.4, -0.2) is 0 Å². The highest BCUT2D eigenvalue weighted by Gasteiger charge is 2.23. The van der Waals surface area contributed by atoms with Gasteiger partial charge in [0, 0.05) is 73.9 Å². The number of fused-ring (bicyclic) bond motifs is 6. The highest BCUT2D eigenvalue weighted by Crippen LogP contribution is 2.49. The van der Waals surface area contributed by atoms with Crippen molar-refractivity contribution < 1.29 is 0 Å². The third-order valence-corrected chi connectivity index (χ3v) is 13.7. The van der Waals surface area contributed by atoms with Crippen LogP contribution < -0.4 is 9.80 Å². The van der Waals surface area contributed by atoms with Crippen LogP contribution in [0.1, 0.15) is 0 Å². The normalized spacial score (nSPS) is 11.9. The van der Waals surface area contributed by atoms with Gasteiger partial charge in [-0.05, 0) is 106 Å². The SMILES string of the molecule is c1ccc(N(c2ccccc2)c2ccc3ccc4c(N(c5ccc6sc7ccccc7c6c5)c5ccc6sc7ccccc7c6c5)ccc5ccc2c3c54)cc1. The Morgan fingerprint density at radius 1 is 0.268 bits per heavy atom. The summed E-state index contributed by atoms with van der Waals surface area (Å²) in [6, 6.07) is 71.6. The van der Waals surface area contributed by atoms with E-state index >= 15 is 0 Å². The van der Waals surface area contributed by atoms with Crippen LogP contribution >= 0.6 is 22.7 Å². The van der Waals surface area contributed by atoms with E-state index in [2.05, 4.69) is 204 Å².